The molecule has 0 saturated carbocycles. The molecule has 0 amide bonds. The van der Waals surface area contributed by atoms with E-state index >= 15 is 0 Å². The van der Waals surface area contributed by atoms with Gasteiger partial charge in [0.15, 0.2) is 0 Å². The second kappa shape index (κ2) is 7.00. The quantitative estimate of drug-likeness (QED) is 0.831. The Balaban J connectivity index is 0.00000162. The molecule has 1 aliphatic heterocycles. The number of carbonyl (C=O) groups is 1. The summed E-state index contributed by atoms with van der Waals surface area (Å²) in [6, 6.07) is 0. The molecule has 0 spiro atoms. The van der Waals surface area contributed by atoms with Gasteiger partial charge >= 0.3 is 5.97 Å². The van der Waals surface area contributed by atoms with E-state index in [9.17, 15) is 4.79 Å². The van der Waals surface area contributed by atoms with E-state index in [-0.39, 0.29) is 24.9 Å². The zero-order valence-electron chi connectivity index (χ0n) is 10.3. The van der Waals surface area contributed by atoms with E-state index < -0.39 is 0 Å². The molecule has 1 saturated heterocycles. The maximum atomic E-state index is 11.0. The standard InChI is InChI=1S/C11H16N4O2.ClH/c1-17-11(16)8-15-7-10(13-14-15)6-9-4-2-3-5-12-9;/h6-7,12H,2-5,8H2,1H3;1H. The van der Waals surface area contributed by atoms with Crippen LogP contribution in [0.1, 0.15) is 25.0 Å². The third-order valence-electron chi connectivity index (χ3n) is 2.62. The second-order valence-electron chi connectivity index (χ2n) is 3.97. The Morgan fingerprint density at radius 1 is 1.61 bits per heavy atom. The number of ether oxygens (including phenoxy) is 1. The van der Waals surface area contributed by atoms with E-state index in [2.05, 4.69) is 20.4 Å². The van der Waals surface area contributed by atoms with Gasteiger partial charge in [-0.05, 0) is 25.3 Å². The lowest BCUT2D eigenvalue weighted by Crippen LogP contribution is -2.19. The Kier molecular flexibility index (Phi) is 5.64. The lowest BCUT2D eigenvalue weighted by Gasteiger charge is -2.15. The van der Waals surface area contributed by atoms with Crippen molar-refractivity contribution in [1.82, 2.24) is 20.3 Å². The molecule has 1 N–H and O–H groups in total. The van der Waals surface area contributed by atoms with Crippen molar-refractivity contribution < 1.29 is 9.53 Å². The summed E-state index contributed by atoms with van der Waals surface area (Å²) in [7, 11) is 1.36. The van der Waals surface area contributed by atoms with Gasteiger partial charge in [0.1, 0.15) is 12.2 Å². The largest absolute Gasteiger partial charge is 0.468 e. The number of nitrogens with zero attached hydrogens (tertiary/aromatic N) is 3. The first-order valence-electron chi connectivity index (χ1n) is 5.69. The number of allylic oxidation sites excluding steroid dienone is 1. The Hall–Kier alpha value is -1.56. The number of carbonyl (C=O) groups excluding carboxylic acids is 1. The highest BCUT2D eigenvalue weighted by molar-refractivity contribution is 5.85. The number of halogens is 1. The summed E-state index contributed by atoms with van der Waals surface area (Å²) in [4.78, 5) is 11.0. The van der Waals surface area contributed by atoms with Crippen molar-refractivity contribution in [1.29, 1.82) is 0 Å². The molecule has 0 bridgehead atoms. The van der Waals surface area contributed by atoms with Crippen molar-refractivity contribution in [2.45, 2.75) is 25.8 Å². The van der Waals surface area contributed by atoms with Crippen LogP contribution in [-0.4, -0.2) is 34.6 Å². The molecule has 0 aliphatic carbocycles. The zero-order chi connectivity index (χ0) is 12.1. The van der Waals surface area contributed by atoms with Crippen molar-refractivity contribution in [3.63, 3.8) is 0 Å². The minimum atomic E-state index is -0.329. The van der Waals surface area contributed by atoms with Crippen LogP contribution in [-0.2, 0) is 16.1 Å². The third-order valence-corrected chi connectivity index (χ3v) is 2.62. The van der Waals surface area contributed by atoms with E-state index in [0.29, 0.717) is 0 Å². The first-order chi connectivity index (χ1) is 8.28. The topological polar surface area (TPSA) is 69.0 Å². The Morgan fingerprint density at radius 2 is 2.44 bits per heavy atom. The summed E-state index contributed by atoms with van der Waals surface area (Å²) in [6.45, 7) is 1.11. The molecule has 0 unspecified atom stereocenters. The predicted octanol–water partition coefficient (Wildman–Crippen LogP) is 0.987. The fraction of sp³-hybridized carbons (Fsp3) is 0.545. The highest BCUT2D eigenvalue weighted by atomic mass is 35.5. The van der Waals surface area contributed by atoms with Crippen LogP contribution in [0.5, 0.6) is 0 Å². The van der Waals surface area contributed by atoms with E-state index in [1.165, 1.54) is 30.3 Å². The maximum Gasteiger partial charge on any atom is 0.327 e. The number of hydrogen-bond donors (Lipinski definition) is 1. The minimum absolute atomic E-state index is 0. The van der Waals surface area contributed by atoms with Crippen LogP contribution >= 0.6 is 12.4 Å². The van der Waals surface area contributed by atoms with Gasteiger partial charge in [-0.2, -0.15) is 0 Å². The zero-order valence-corrected chi connectivity index (χ0v) is 11.1. The molecule has 1 aromatic heterocycles. The average molecular weight is 273 g/mol. The minimum Gasteiger partial charge on any atom is -0.468 e. The number of rotatable bonds is 3. The maximum absolute atomic E-state index is 11.0. The fourth-order valence-corrected chi connectivity index (χ4v) is 1.73. The fourth-order valence-electron chi connectivity index (χ4n) is 1.73. The van der Waals surface area contributed by atoms with Gasteiger partial charge in [-0.1, -0.05) is 5.21 Å². The monoisotopic (exact) mass is 272 g/mol. The van der Waals surface area contributed by atoms with Crippen LogP contribution in [0.25, 0.3) is 6.08 Å². The van der Waals surface area contributed by atoms with Crippen LogP contribution in [0.15, 0.2) is 11.9 Å². The second-order valence-corrected chi connectivity index (χ2v) is 3.97. The van der Waals surface area contributed by atoms with Gasteiger partial charge in [0.2, 0.25) is 0 Å². The predicted molar refractivity (Wildman–Crippen MR) is 69.1 cm³/mol. The van der Waals surface area contributed by atoms with Crippen LogP contribution in [0.3, 0.4) is 0 Å². The summed E-state index contributed by atoms with van der Waals surface area (Å²) < 4.78 is 6.03. The van der Waals surface area contributed by atoms with Crippen molar-refractivity contribution in [3.05, 3.63) is 17.6 Å². The number of nitrogens with one attached hydrogen (secondary N) is 1. The lowest BCUT2D eigenvalue weighted by atomic mass is 10.1. The van der Waals surface area contributed by atoms with E-state index in [1.807, 2.05) is 6.08 Å². The van der Waals surface area contributed by atoms with Crippen LogP contribution in [0.2, 0.25) is 0 Å². The average Bonchev–Trinajstić information content (AvgIpc) is 2.77. The summed E-state index contributed by atoms with van der Waals surface area (Å²) in [5.41, 5.74) is 1.94. The highest BCUT2D eigenvalue weighted by Crippen LogP contribution is 2.12. The molecular weight excluding hydrogens is 256 g/mol. The summed E-state index contributed by atoms with van der Waals surface area (Å²) >= 11 is 0. The van der Waals surface area contributed by atoms with Crippen LogP contribution in [0, 0.1) is 0 Å². The number of piperidine rings is 1. The Morgan fingerprint density at radius 3 is 3.11 bits per heavy atom. The number of methoxy groups -OCH3 is 1. The molecule has 6 nitrogen and oxygen atoms in total. The molecule has 0 atom stereocenters. The first kappa shape index (κ1) is 14.5. The van der Waals surface area contributed by atoms with Gasteiger partial charge in [0.05, 0.1) is 13.3 Å². The molecule has 7 heteroatoms. The SMILES string of the molecule is COC(=O)Cn1cc(C=C2CCCCN2)nn1.Cl. The van der Waals surface area contributed by atoms with E-state index in [1.54, 1.807) is 6.20 Å². The third kappa shape index (κ3) is 4.03. The van der Waals surface area contributed by atoms with Crippen LogP contribution < -0.4 is 5.32 Å². The lowest BCUT2D eigenvalue weighted by molar-refractivity contribution is -0.141. The smallest absolute Gasteiger partial charge is 0.327 e. The van der Waals surface area contributed by atoms with Gasteiger partial charge in [0.25, 0.3) is 0 Å². The van der Waals surface area contributed by atoms with Gasteiger partial charge < -0.3 is 10.1 Å². The highest BCUT2D eigenvalue weighted by Gasteiger charge is 2.07. The molecule has 100 valence electrons. The number of esters is 1. The van der Waals surface area contributed by atoms with Crippen LogP contribution in [0.4, 0.5) is 0 Å². The van der Waals surface area contributed by atoms with Gasteiger partial charge in [-0.25, -0.2) is 4.68 Å². The summed E-state index contributed by atoms with van der Waals surface area (Å²) in [5.74, 6) is -0.329. The molecule has 2 rings (SSSR count). The molecule has 1 aliphatic rings. The number of hydrogen-bond acceptors (Lipinski definition) is 5. The van der Waals surface area contributed by atoms with Gasteiger partial charge in [-0.15, -0.1) is 17.5 Å². The Labute approximate surface area is 112 Å². The van der Waals surface area contributed by atoms with Gasteiger partial charge in [0, 0.05) is 12.2 Å². The molecule has 1 aromatic rings. The van der Waals surface area contributed by atoms with Crippen molar-refractivity contribution in [3.8, 4) is 0 Å². The molecule has 1 fully saturated rings. The number of aromatic nitrogens is 3. The Bertz CT molecular complexity index is 422. The molecular formula is C11H17ClN4O2. The molecule has 0 radical (unpaired) electrons. The normalized spacial score (nSPS) is 16.8. The molecule has 2 heterocycles. The molecule has 18 heavy (non-hydrogen) atoms. The summed E-state index contributed by atoms with van der Waals surface area (Å²) in [6.07, 6.45) is 7.17. The van der Waals surface area contributed by atoms with Gasteiger partial charge in [-0.3, -0.25) is 4.79 Å². The molecule has 0 aromatic carbocycles. The van der Waals surface area contributed by atoms with Crippen molar-refractivity contribution >= 4 is 24.5 Å². The van der Waals surface area contributed by atoms with Crippen molar-refractivity contribution in [2.24, 2.45) is 0 Å². The van der Waals surface area contributed by atoms with Crippen molar-refractivity contribution in [2.75, 3.05) is 13.7 Å². The summed E-state index contributed by atoms with van der Waals surface area (Å²) in [5, 5.41) is 11.2. The van der Waals surface area contributed by atoms with E-state index in [0.717, 1.165) is 18.7 Å². The van der Waals surface area contributed by atoms with E-state index in [4.69, 9.17) is 0 Å². The first-order valence-corrected chi connectivity index (χ1v) is 5.69.